The average Bonchev–Trinajstić information content (AvgIpc) is 3.22. The number of anilines is 1. The Kier molecular flexibility index (Phi) is 3.46. The molecule has 2 aromatic heterocycles. The van der Waals surface area contributed by atoms with Gasteiger partial charge in [0.15, 0.2) is 5.82 Å². The van der Waals surface area contributed by atoms with E-state index in [0.717, 1.165) is 51.5 Å². The van der Waals surface area contributed by atoms with Crippen molar-refractivity contribution in [1.29, 1.82) is 0 Å². The Labute approximate surface area is 165 Å². The molecule has 0 aromatic carbocycles. The number of hydrogen-bond acceptors (Lipinski definition) is 4. The lowest BCUT2D eigenvalue weighted by molar-refractivity contribution is -0.133. The number of aromatic nitrogens is 2. The Morgan fingerprint density at radius 2 is 2.14 bits per heavy atom. The maximum absolute atomic E-state index is 13.2. The summed E-state index contributed by atoms with van der Waals surface area (Å²) in [4.78, 5) is 22.6. The van der Waals surface area contributed by atoms with Gasteiger partial charge in [-0.2, -0.15) is 0 Å². The second kappa shape index (κ2) is 5.83. The molecule has 146 valence electrons. The van der Waals surface area contributed by atoms with Gasteiger partial charge in [-0.3, -0.25) is 4.79 Å². The van der Waals surface area contributed by atoms with Gasteiger partial charge in [0.25, 0.3) is 0 Å². The fourth-order valence-corrected chi connectivity index (χ4v) is 5.88. The van der Waals surface area contributed by atoms with E-state index in [9.17, 15) is 4.79 Å². The molecule has 2 saturated heterocycles. The van der Waals surface area contributed by atoms with Crippen molar-refractivity contribution in [2.45, 2.75) is 25.3 Å². The molecule has 0 radical (unpaired) electrons. The zero-order valence-electron chi connectivity index (χ0n) is 16.3. The molecule has 2 aromatic rings. The zero-order chi connectivity index (χ0) is 18.9. The highest BCUT2D eigenvalue weighted by Crippen LogP contribution is 2.53. The largest absolute Gasteiger partial charge is 0.381 e. The topological polar surface area (TPSA) is 50.6 Å². The number of amides is 1. The van der Waals surface area contributed by atoms with E-state index in [-0.39, 0.29) is 11.5 Å². The molecule has 6 nitrogen and oxygen atoms in total. The summed E-state index contributed by atoms with van der Waals surface area (Å²) < 4.78 is 7.73. The first-order chi connectivity index (χ1) is 13.7. The fraction of sp³-hybridized carbons (Fsp3) is 0.545. The minimum absolute atomic E-state index is 0.161. The third-order valence-corrected chi connectivity index (χ3v) is 7.27. The summed E-state index contributed by atoms with van der Waals surface area (Å²) in [6.07, 6.45) is 6.01. The summed E-state index contributed by atoms with van der Waals surface area (Å²) in [5.74, 6) is 2.49. The third-order valence-electron chi connectivity index (χ3n) is 7.27. The van der Waals surface area contributed by atoms with Gasteiger partial charge in [0.05, 0.1) is 24.6 Å². The van der Waals surface area contributed by atoms with Crippen LogP contribution in [0, 0.1) is 17.8 Å². The SMILES string of the molecule is CCCN1c2cccnc2-n2cccc2[C@]12CCN(C(=O)C1[C@H]3COC[C@@H]13)C2. The number of hydrogen-bond donors (Lipinski definition) is 0. The highest BCUT2D eigenvalue weighted by atomic mass is 16.5. The van der Waals surface area contributed by atoms with Crippen LogP contribution in [0.3, 0.4) is 0 Å². The van der Waals surface area contributed by atoms with Crippen molar-refractivity contribution < 1.29 is 9.53 Å². The van der Waals surface area contributed by atoms with Crippen LogP contribution < -0.4 is 4.90 Å². The van der Waals surface area contributed by atoms with Crippen molar-refractivity contribution in [2.24, 2.45) is 17.8 Å². The summed E-state index contributed by atoms with van der Waals surface area (Å²) in [6, 6.07) is 8.52. The summed E-state index contributed by atoms with van der Waals surface area (Å²) in [5.41, 5.74) is 2.28. The molecule has 3 aliphatic heterocycles. The average molecular weight is 378 g/mol. The molecule has 28 heavy (non-hydrogen) atoms. The van der Waals surface area contributed by atoms with E-state index < -0.39 is 0 Å². The highest BCUT2D eigenvalue weighted by molar-refractivity contribution is 5.83. The zero-order valence-corrected chi connectivity index (χ0v) is 16.3. The smallest absolute Gasteiger partial charge is 0.226 e. The molecule has 0 N–H and O–H groups in total. The quantitative estimate of drug-likeness (QED) is 0.823. The number of likely N-dealkylation sites (tertiary alicyclic amines) is 1. The number of fused-ring (bicyclic) bond motifs is 5. The molecular formula is C22H26N4O2. The first-order valence-electron chi connectivity index (χ1n) is 10.5. The minimum Gasteiger partial charge on any atom is -0.381 e. The molecule has 6 heteroatoms. The van der Waals surface area contributed by atoms with Gasteiger partial charge in [0, 0.05) is 37.9 Å². The second-order valence-electron chi connectivity index (χ2n) is 8.69. The first kappa shape index (κ1) is 16.6. The van der Waals surface area contributed by atoms with Crippen LogP contribution in [-0.2, 0) is 15.1 Å². The maximum atomic E-state index is 13.2. The molecular weight excluding hydrogens is 352 g/mol. The molecule has 1 saturated carbocycles. The predicted molar refractivity (Wildman–Crippen MR) is 105 cm³/mol. The van der Waals surface area contributed by atoms with Crippen LogP contribution in [-0.4, -0.2) is 53.2 Å². The minimum atomic E-state index is -0.161. The predicted octanol–water partition coefficient (Wildman–Crippen LogP) is 2.42. The highest BCUT2D eigenvalue weighted by Gasteiger charge is 2.60. The van der Waals surface area contributed by atoms with Crippen molar-refractivity contribution >= 4 is 11.6 Å². The maximum Gasteiger partial charge on any atom is 0.226 e. The number of carbonyl (C=O) groups excluding carboxylic acids is 1. The van der Waals surface area contributed by atoms with E-state index in [1.54, 1.807) is 0 Å². The number of pyridine rings is 1. The van der Waals surface area contributed by atoms with Crippen LogP contribution in [0.5, 0.6) is 0 Å². The number of carbonyl (C=O) groups is 1. The molecule has 4 atom stereocenters. The Balaban J connectivity index is 1.38. The summed E-state index contributed by atoms with van der Waals surface area (Å²) in [6.45, 7) is 6.32. The van der Waals surface area contributed by atoms with Gasteiger partial charge < -0.3 is 19.1 Å². The monoisotopic (exact) mass is 378 g/mol. The fourth-order valence-electron chi connectivity index (χ4n) is 5.88. The van der Waals surface area contributed by atoms with Gasteiger partial charge in [-0.1, -0.05) is 6.92 Å². The van der Waals surface area contributed by atoms with E-state index >= 15 is 0 Å². The van der Waals surface area contributed by atoms with E-state index in [0.29, 0.717) is 17.7 Å². The number of nitrogens with zero attached hydrogens (tertiary/aromatic N) is 4. The summed E-state index contributed by atoms with van der Waals surface area (Å²) in [7, 11) is 0. The van der Waals surface area contributed by atoms with E-state index in [4.69, 9.17) is 4.74 Å². The number of ether oxygens (including phenoxy) is 1. The Morgan fingerprint density at radius 1 is 1.29 bits per heavy atom. The van der Waals surface area contributed by atoms with Crippen LogP contribution in [0.4, 0.5) is 5.69 Å². The van der Waals surface area contributed by atoms with E-state index in [1.165, 1.54) is 11.4 Å². The van der Waals surface area contributed by atoms with Gasteiger partial charge >= 0.3 is 0 Å². The molecule has 0 bridgehead atoms. The van der Waals surface area contributed by atoms with Gasteiger partial charge in [0.2, 0.25) is 5.91 Å². The summed E-state index contributed by atoms with van der Waals surface area (Å²) >= 11 is 0. The van der Waals surface area contributed by atoms with Gasteiger partial charge in [-0.05, 0) is 48.9 Å². The van der Waals surface area contributed by atoms with Crippen molar-refractivity contribution in [1.82, 2.24) is 14.5 Å². The lowest BCUT2D eigenvalue weighted by Gasteiger charge is -2.47. The van der Waals surface area contributed by atoms with Crippen LogP contribution in [0.25, 0.3) is 5.82 Å². The molecule has 1 amide bonds. The lowest BCUT2D eigenvalue weighted by Crippen LogP contribution is -2.53. The molecule has 3 fully saturated rings. The molecule has 5 heterocycles. The third kappa shape index (κ3) is 2.07. The Hall–Kier alpha value is -2.34. The van der Waals surface area contributed by atoms with Crippen molar-refractivity contribution in [2.75, 3.05) is 37.7 Å². The molecule has 6 rings (SSSR count). The van der Waals surface area contributed by atoms with Crippen LogP contribution in [0.1, 0.15) is 25.5 Å². The molecule has 1 spiro atoms. The van der Waals surface area contributed by atoms with Crippen molar-refractivity contribution in [3.8, 4) is 5.82 Å². The van der Waals surface area contributed by atoms with Gasteiger partial charge in [-0.25, -0.2) is 4.98 Å². The van der Waals surface area contributed by atoms with Crippen LogP contribution >= 0.6 is 0 Å². The summed E-state index contributed by atoms with van der Waals surface area (Å²) in [5, 5.41) is 0. The standard InChI is InChI=1S/C22H26N4O2/c1-2-9-26-17-5-3-8-23-20(17)25-10-4-6-18(25)22(26)7-11-24(14-22)21(27)19-15-12-28-13-16(15)19/h3-6,8,10,15-16,19H,2,7,9,11-14H2,1H3/t15-,16+,19?,22-/m1/s1. The molecule has 1 unspecified atom stereocenters. The van der Waals surface area contributed by atoms with Crippen molar-refractivity contribution in [3.05, 3.63) is 42.4 Å². The lowest BCUT2D eigenvalue weighted by atomic mass is 9.88. The normalized spacial score (nSPS) is 32.4. The number of rotatable bonds is 3. The Morgan fingerprint density at radius 3 is 2.96 bits per heavy atom. The van der Waals surface area contributed by atoms with Crippen LogP contribution in [0.15, 0.2) is 36.7 Å². The van der Waals surface area contributed by atoms with Crippen LogP contribution in [0.2, 0.25) is 0 Å². The van der Waals surface area contributed by atoms with Gasteiger partial charge in [-0.15, -0.1) is 0 Å². The van der Waals surface area contributed by atoms with E-state index in [1.807, 2.05) is 12.3 Å². The van der Waals surface area contributed by atoms with E-state index in [2.05, 4.69) is 50.7 Å². The Bertz CT molecular complexity index is 930. The van der Waals surface area contributed by atoms with Gasteiger partial charge in [0.1, 0.15) is 5.54 Å². The second-order valence-corrected chi connectivity index (χ2v) is 8.69. The molecule has 4 aliphatic rings. The van der Waals surface area contributed by atoms with Crippen molar-refractivity contribution in [3.63, 3.8) is 0 Å². The molecule has 1 aliphatic carbocycles. The first-order valence-corrected chi connectivity index (χ1v) is 10.5.